The second-order valence-electron chi connectivity index (χ2n) is 5.63. The van der Waals surface area contributed by atoms with Crippen LogP contribution in [0.2, 0.25) is 0 Å². The van der Waals surface area contributed by atoms with Gasteiger partial charge in [-0.1, -0.05) is 24.6 Å². The van der Waals surface area contributed by atoms with Crippen LogP contribution in [0.5, 0.6) is 5.75 Å². The summed E-state index contributed by atoms with van der Waals surface area (Å²) in [5, 5.41) is 13.2. The molecule has 1 aromatic carbocycles. The molecule has 0 saturated carbocycles. The maximum atomic E-state index is 12.1. The molecule has 2 N–H and O–H groups in total. The van der Waals surface area contributed by atoms with Gasteiger partial charge >= 0.3 is 0 Å². The van der Waals surface area contributed by atoms with Crippen molar-refractivity contribution in [2.75, 3.05) is 26.2 Å². The number of nitrogens with one attached hydrogen (secondary N) is 1. The Morgan fingerprint density at radius 1 is 1.40 bits per heavy atom. The quantitative estimate of drug-likeness (QED) is 0.884. The molecular formula is C16H24N2O2. The number of amides is 1. The van der Waals surface area contributed by atoms with Crippen LogP contribution >= 0.6 is 0 Å². The van der Waals surface area contributed by atoms with E-state index < -0.39 is 0 Å². The van der Waals surface area contributed by atoms with Crippen molar-refractivity contribution in [1.82, 2.24) is 10.2 Å². The number of phenolic OH excluding ortho intramolecular Hbond substituents is 1. The van der Waals surface area contributed by atoms with Crippen LogP contribution in [-0.2, 0) is 4.79 Å². The SMILES string of the molecule is Cc1ccc(O)c(C(C)CCC(=O)N2CCNCC2)c1. The predicted octanol–water partition coefficient (Wildman–Crippen LogP) is 2.02. The van der Waals surface area contributed by atoms with Crippen LogP contribution in [0.4, 0.5) is 0 Å². The molecule has 1 aromatic rings. The lowest BCUT2D eigenvalue weighted by Crippen LogP contribution is -2.46. The summed E-state index contributed by atoms with van der Waals surface area (Å²) in [6.45, 7) is 7.48. The van der Waals surface area contributed by atoms with Gasteiger partial charge in [-0.05, 0) is 30.9 Å². The number of phenols is 1. The van der Waals surface area contributed by atoms with Gasteiger partial charge in [0.25, 0.3) is 0 Å². The fraction of sp³-hybridized carbons (Fsp3) is 0.562. The van der Waals surface area contributed by atoms with Gasteiger partial charge in [0.15, 0.2) is 0 Å². The smallest absolute Gasteiger partial charge is 0.222 e. The minimum atomic E-state index is 0.196. The average Bonchev–Trinajstić information content (AvgIpc) is 2.47. The van der Waals surface area contributed by atoms with E-state index in [2.05, 4.69) is 12.2 Å². The van der Waals surface area contributed by atoms with Crippen LogP contribution in [0.15, 0.2) is 18.2 Å². The van der Waals surface area contributed by atoms with Crippen LogP contribution in [0, 0.1) is 6.92 Å². The zero-order valence-electron chi connectivity index (χ0n) is 12.4. The Hall–Kier alpha value is -1.55. The van der Waals surface area contributed by atoms with E-state index >= 15 is 0 Å². The van der Waals surface area contributed by atoms with E-state index in [9.17, 15) is 9.90 Å². The molecular weight excluding hydrogens is 252 g/mol. The van der Waals surface area contributed by atoms with Crippen LogP contribution < -0.4 is 5.32 Å². The van der Waals surface area contributed by atoms with E-state index in [0.717, 1.165) is 43.7 Å². The summed E-state index contributed by atoms with van der Waals surface area (Å²) in [4.78, 5) is 14.1. The molecule has 0 aromatic heterocycles. The average molecular weight is 276 g/mol. The summed E-state index contributed by atoms with van der Waals surface area (Å²) < 4.78 is 0. The molecule has 1 aliphatic heterocycles. The highest BCUT2D eigenvalue weighted by molar-refractivity contribution is 5.76. The Balaban J connectivity index is 1.89. The van der Waals surface area contributed by atoms with E-state index in [1.54, 1.807) is 6.07 Å². The van der Waals surface area contributed by atoms with Crippen molar-refractivity contribution in [3.8, 4) is 5.75 Å². The molecule has 20 heavy (non-hydrogen) atoms. The summed E-state index contributed by atoms with van der Waals surface area (Å²) in [6, 6.07) is 5.64. The maximum absolute atomic E-state index is 12.1. The van der Waals surface area contributed by atoms with E-state index in [0.29, 0.717) is 12.2 Å². The normalized spacial score (nSPS) is 17.0. The third-order valence-electron chi connectivity index (χ3n) is 3.97. The predicted molar refractivity (Wildman–Crippen MR) is 79.9 cm³/mol. The van der Waals surface area contributed by atoms with Crippen molar-refractivity contribution in [3.05, 3.63) is 29.3 Å². The summed E-state index contributed by atoms with van der Waals surface area (Å²) >= 11 is 0. The Labute approximate surface area is 120 Å². The first-order chi connectivity index (χ1) is 9.58. The molecule has 1 saturated heterocycles. The van der Waals surface area contributed by atoms with Gasteiger partial charge in [0.1, 0.15) is 5.75 Å². The summed E-state index contributed by atoms with van der Waals surface area (Å²) in [5.74, 6) is 0.755. The lowest BCUT2D eigenvalue weighted by Gasteiger charge is -2.28. The van der Waals surface area contributed by atoms with Gasteiger partial charge in [-0.25, -0.2) is 0 Å². The molecule has 0 bridgehead atoms. The van der Waals surface area contributed by atoms with Crippen LogP contribution in [-0.4, -0.2) is 42.1 Å². The molecule has 1 amide bonds. The van der Waals surface area contributed by atoms with Crippen molar-refractivity contribution < 1.29 is 9.90 Å². The molecule has 1 aliphatic rings. The van der Waals surface area contributed by atoms with Crippen molar-refractivity contribution in [2.45, 2.75) is 32.6 Å². The zero-order chi connectivity index (χ0) is 14.5. The van der Waals surface area contributed by atoms with Gasteiger partial charge in [-0.2, -0.15) is 0 Å². The molecule has 4 nitrogen and oxygen atoms in total. The fourth-order valence-corrected chi connectivity index (χ4v) is 2.64. The third kappa shape index (κ3) is 3.73. The van der Waals surface area contributed by atoms with Gasteiger partial charge in [0.2, 0.25) is 5.91 Å². The number of nitrogens with zero attached hydrogens (tertiary/aromatic N) is 1. The number of benzene rings is 1. The van der Waals surface area contributed by atoms with Crippen LogP contribution in [0.3, 0.4) is 0 Å². The number of carbonyl (C=O) groups excluding carboxylic acids is 1. The number of piperazine rings is 1. The number of hydrogen-bond donors (Lipinski definition) is 2. The second kappa shape index (κ2) is 6.75. The largest absolute Gasteiger partial charge is 0.508 e. The lowest BCUT2D eigenvalue weighted by molar-refractivity contribution is -0.131. The number of aromatic hydroxyl groups is 1. The van der Waals surface area contributed by atoms with Gasteiger partial charge < -0.3 is 15.3 Å². The summed E-state index contributed by atoms with van der Waals surface area (Å²) in [6.07, 6.45) is 1.33. The van der Waals surface area contributed by atoms with Crippen molar-refractivity contribution >= 4 is 5.91 Å². The number of carbonyl (C=O) groups is 1. The van der Waals surface area contributed by atoms with Crippen molar-refractivity contribution in [1.29, 1.82) is 0 Å². The Morgan fingerprint density at radius 2 is 2.10 bits per heavy atom. The molecule has 0 radical (unpaired) electrons. The van der Waals surface area contributed by atoms with E-state index in [1.165, 1.54) is 0 Å². The van der Waals surface area contributed by atoms with E-state index in [1.807, 2.05) is 24.0 Å². The second-order valence-corrected chi connectivity index (χ2v) is 5.63. The first-order valence-corrected chi connectivity index (χ1v) is 7.36. The standard InChI is InChI=1S/C16H24N2O2/c1-12-3-5-15(19)14(11-12)13(2)4-6-16(20)18-9-7-17-8-10-18/h3,5,11,13,17,19H,4,6-10H2,1-2H3. The maximum Gasteiger partial charge on any atom is 0.222 e. The number of rotatable bonds is 4. The Bertz CT molecular complexity index is 468. The molecule has 1 heterocycles. The Morgan fingerprint density at radius 3 is 2.80 bits per heavy atom. The molecule has 2 rings (SSSR count). The molecule has 1 atom stereocenters. The van der Waals surface area contributed by atoms with Gasteiger partial charge in [-0.15, -0.1) is 0 Å². The molecule has 1 fully saturated rings. The molecule has 1 unspecified atom stereocenters. The van der Waals surface area contributed by atoms with Crippen LogP contribution in [0.1, 0.15) is 36.8 Å². The number of aryl methyl sites for hydroxylation is 1. The molecule has 0 spiro atoms. The van der Waals surface area contributed by atoms with Crippen molar-refractivity contribution in [3.63, 3.8) is 0 Å². The summed E-state index contributed by atoms with van der Waals surface area (Å²) in [7, 11) is 0. The first-order valence-electron chi connectivity index (χ1n) is 7.36. The van der Waals surface area contributed by atoms with Crippen LogP contribution in [0.25, 0.3) is 0 Å². The highest BCUT2D eigenvalue weighted by Crippen LogP contribution is 2.29. The lowest BCUT2D eigenvalue weighted by atomic mass is 9.94. The van der Waals surface area contributed by atoms with Gasteiger partial charge in [-0.3, -0.25) is 4.79 Å². The van der Waals surface area contributed by atoms with Gasteiger partial charge in [0.05, 0.1) is 0 Å². The minimum absolute atomic E-state index is 0.196. The van der Waals surface area contributed by atoms with E-state index in [4.69, 9.17) is 0 Å². The topological polar surface area (TPSA) is 52.6 Å². The zero-order valence-corrected chi connectivity index (χ0v) is 12.4. The molecule has 0 aliphatic carbocycles. The summed E-state index contributed by atoms with van der Waals surface area (Å²) in [5.41, 5.74) is 2.08. The molecule has 110 valence electrons. The molecule has 4 heteroatoms. The van der Waals surface area contributed by atoms with Crippen molar-refractivity contribution in [2.24, 2.45) is 0 Å². The third-order valence-corrected chi connectivity index (χ3v) is 3.97. The highest BCUT2D eigenvalue weighted by Gasteiger charge is 2.18. The highest BCUT2D eigenvalue weighted by atomic mass is 16.3. The number of hydrogen-bond acceptors (Lipinski definition) is 3. The van der Waals surface area contributed by atoms with Gasteiger partial charge in [0, 0.05) is 32.6 Å². The Kier molecular flexibility index (Phi) is 5.01. The van der Waals surface area contributed by atoms with E-state index in [-0.39, 0.29) is 11.8 Å². The minimum Gasteiger partial charge on any atom is -0.508 e. The monoisotopic (exact) mass is 276 g/mol. The fourth-order valence-electron chi connectivity index (χ4n) is 2.64. The first kappa shape index (κ1) is 14.9.